The van der Waals surface area contributed by atoms with Gasteiger partial charge in [-0.25, -0.2) is 14.4 Å². The van der Waals surface area contributed by atoms with Crippen molar-refractivity contribution in [2.45, 2.75) is 13.0 Å². The molecule has 0 saturated heterocycles. The normalized spacial score (nSPS) is 13.8. The second-order valence-corrected chi connectivity index (χ2v) is 6.16. The lowest BCUT2D eigenvalue weighted by atomic mass is 10.0. The Bertz CT molecular complexity index is 969. The minimum absolute atomic E-state index is 0.193. The molecule has 1 aliphatic heterocycles. The maximum Gasteiger partial charge on any atom is 0.275 e. The predicted molar refractivity (Wildman–Crippen MR) is 88.8 cm³/mol. The van der Waals surface area contributed by atoms with Crippen LogP contribution in [0.5, 0.6) is 0 Å². The van der Waals surface area contributed by atoms with Crippen LogP contribution in [0, 0.1) is 5.82 Å². The molecular formula is C17H16FN5O2. The molecule has 7 nitrogen and oxygen atoms in total. The first kappa shape index (κ1) is 15.5. The Balaban J connectivity index is 1.74. The highest BCUT2D eigenvalue weighted by Gasteiger charge is 2.29. The lowest BCUT2D eigenvalue weighted by Crippen LogP contribution is -2.32. The van der Waals surface area contributed by atoms with Gasteiger partial charge in [0.1, 0.15) is 23.7 Å². The standard InChI is InChI=1S/C17H16FN5O2/c1-22(2)17(24)15-12-8-23(6-5-14(12)25-21-15)16-11-4-3-10(18)7-13(11)19-9-20-16/h3-4,7,9H,5-6,8H2,1-2H3. The van der Waals surface area contributed by atoms with Gasteiger partial charge in [-0.2, -0.15) is 0 Å². The van der Waals surface area contributed by atoms with Crippen molar-refractivity contribution in [2.75, 3.05) is 25.5 Å². The van der Waals surface area contributed by atoms with Gasteiger partial charge in [0.05, 0.1) is 12.1 Å². The number of halogens is 1. The molecule has 1 aliphatic rings. The van der Waals surface area contributed by atoms with Crippen molar-refractivity contribution < 1.29 is 13.7 Å². The molecule has 8 heteroatoms. The van der Waals surface area contributed by atoms with E-state index in [1.165, 1.54) is 23.4 Å². The Morgan fingerprint density at radius 2 is 2.16 bits per heavy atom. The average Bonchev–Trinajstić information content (AvgIpc) is 3.03. The first-order valence-corrected chi connectivity index (χ1v) is 7.89. The monoisotopic (exact) mass is 341 g/mol. The van der Waals surface area contributed by atoms with Crippen molar-refractivity contribution in [3.05, 3.63) is 47.4 Å². The van der Waals surface area contributed by atoms with Crippen molar-refractivity contribution >= 4 is 22.6 Å². The molecular weight excluding hydrogens is 325 g/mol. The maximum absolute atomic E-state index is 13.4. The van der Waals surface area contributed by atoms with Crippen LogP contribution >= 0.6 is 0 Å². The number of fused-ring (bicyclic) bond motifs is 2. The molecule has 0 aliphatic carbocycles. The molecule has 0 bridgehead atoms. The number of aromatic nitrogens is 3. The van der Waals surface area contributed by atoms with Crippen molar-refractivity contribution in [3.63, 3.8) is 0 Å². The fourth-order valence-electron chi connectivity index (χ4n) is 3.04. The average molecular weight is 341 g/mol. The van der Waals surface area contributed by atoms with Crippen LogP contribution in [-0.2, 0) is 13.0 Å². The molecule has 0 radical (unpaired) electrons. The number of benzene rings is 1. The first-order valence-electron chi connectivity index (χ1n) is 7.89. The van der Waals surface area contributed by atoms with E-state index in [4.69, 9.17) is 4.52 Å². The summed E-state index contributed by atoms with van der Waals surface area (Å²) >= 11 is 0. The van der Waals surface area contributed by atoms with Crippen LogP contribution in [0.15, 0.2) is 29.0 Å². The number of amides is 1. The molecule has 0 atom stereocenters. The summed E-state index contributed by atoms with van der Waals surface area (Å²) in [6, 6.07) is 4.45. The van der Waals surface area contributed by atoms with Crippen LogP contribution in [-0.4, -0.2) is 46.6 Å². The van der Waals surface area contributed by atoms with Crippen LogP contribution in [0.3, 0.4) is 0 Å². The molecule has 1 amide bonds. The van der Waals surface area contributed by atoms with E-state index in [0.717, 1.165) is 16.7 Å². The van der Waals surface area contributed by atoms with E-state index in [-0.39, 0.29) is 11.7 Å². The van der Waals surface area contributed by atoms with E-state index in [1.807, 2.05) is 4.90 Å². The van der Waals surface area contributed by atoms with Crippen LogP contribution in [0.1, 0.15) is 21.8 Å². The molecule has 0 fully saturated rings. The summed E-state index contributed by atoms with van der Waals surface area (Å²) in [6.07, 6.45) is 2.04. The number of carbonyl (C=O) groups is 1. The second-order valence-electron chi connectivity index (χ2n) is 6.16. The summed E-state index contributed by atoms with van der Waals surface area (Å²) < 4.78 is 18.8. The summed E-state index contributed by atoms with van der Waals surface area (Å²) in [6.45, 7) is 1.12. The first-order chi connectivity index (χ1) is 12.0. The molecule has 2 aromatic heterocycles. The highest BCUT2D eigenvalue weighted by atomic mass is 19.1. The predicted octanol–water partition coefficient (Wildman–Crippen LogP) is 2.02. The molecule has 4 rings (SSSR count). The molecule has 0 saturated carbocycles. The highest BCUT2D eigenvalue weighted by Crippen LogP contribution is 2.30. The van der Waals surface area contributed by atoms with Gasteiger partial charge in [0, 0.05) is 44.1 Å². The SMILES string of the molecule is CN(C)C(=O)c1noc2c1CN(c1ncnc3cc(F)ccc13)CC2. The van der Waals surface area contributed by atoms with Crippen molar-refractivity contribution in [1.82, 2.24) is 20.0 Å². The van der Waals surface area contributed by atoms with E-state index in [2.05, 4.69) is 15.1 Å². The van der Waals surface area contributed by atoms with Crippen molar-refractivity contribution in [2.24, 2.45) is 0 Å². The molecule has 3 aromatic rings. The fourth-order valence-corrected chi connectivity index (χ4v) is 3.04. The van der Waals surface area contributed by atoms with E-state index >= 15 is 0 Å². The molecule has 25 heavy (non-hydrogen) atoms. The van der Waals surface area contributed by atoms with Gasteiger partial charge in [-0.15, -0.1) is 0 Å². The van der Waals surface area contributed by atoms with Gasteiger partial charge in [0.25, 0.3) is 5.91 Å². The highest BCUT2D eigenvalue weighted by molar-refractivity contribution is 5.94. The van der Waals surface area contributed by atoms with Crippen molar-refractivity contribution in [1.29, 1.82) is 0 Å². The van der Waals surface area contributed by atoms with E-state index < -0.39 is 0 Å². The Labute approximate surface area is 143 Å². The summed E-state index contributed by atoms with van der Waals surface area (Å²) in [5.74, 6) is 0.906. The van der Waals surface area contributed by atoms with Crippen molar-refractivity contribution in [3.8, 4) is 0 Å². The van der Waals surface area contributed by atoms with E-state index in [0.29, 0.717) is 36.5 Å². The third kappa shape index (κ3) is 2.59. The van der Waals surface area contributed by atoms with Gasteiger partial charge in [0.15, 0.2) is 5.69 Å². The molecule has 0 unspecified atom stereocenters. The number of hydrogen-bond acceptors (Lipinski definition) is 6. The molecule has 128 valence electrons. The number of nitrogens with zero attached hydrogens (tertiary/aromatic N) is 5. The third-order valence-electron chi connectivity index (χ3n) is 4.31. The zero-order chi connectivity index (χ0) is 17.6. The smallest absolute Gasteiger partial charge is 0.275 e. The van der Waals surface area contributed by atoms with Gasteiger partial charge in [-0.05, 0) is 12.1 Å². The van der Waals surface area contributed by atoms with Gasteiger partial charge < -0.3 is 14.3 Å². The van der Waals surface area contributed by atoms with Gasteiger partial charge >= 0.3 is 0 Å². The zero-order valence-electron chi connectivity index (χ0n) is 13.9. The lowest BCUT2D eigenvalue weighted by molar-refractivity contribution is 0.0816. The largest absolute Gasteiger partial charge is 0.360 e. The number of rotatable bonds is 2. The summed E-state index contributed by atoms with van der Waals surface area (Å²) in [7, 11) is 3.35. The van der Waals surface area contributed by atoms with Gasteiger partial charge in [-0.3, -0.25) is 4.79 Å². The van der Waals surface area contributed by atoms with E-state index in [1.54, 1.807) is 20.2 Å². The quantitative estimate of drug-likeness (QED) is 0.710. The van der Waals surface area contributed by atoms with Gasteiger partial charge in [0.2, 0.25) is 0 Å². The van der Waals surface area contributed by atoms with Gasteiger partial charge in [-0.1, -0.05) is 5.16 Å². The number of carbonyl (C=O) groups excluding carboxylic acids is 1. The Kier molecular flexibility index (Phi) is 3.60. The maximum atomic E-state index is 13.4. The number of hydrogen-bond donors (Lipinski definition) is 0. The molecule has 3 heterocycles. The Morgan fingerprint density at radius 1 is 1.32 bits per heavy atom. The molecule has 0 N–H and O–H groups in total. The second kappa shape index (κ2) is 5.80. The van der Waals surface area contributed by atoms with Crippen LogP contribution in [0.4, 0.5) is 10.2 Å². The lowest BCUT2D eigenvalue weighted by Gasteiger charge is -2.28. The summed E-state index contributed by atoms with van der Waals surface area (Å²) in [5.41, 5.74) is 1.65. The molecule has 0 spiro atoms. The fraction of sp³-hybridized carbons (Fsp3) is 0.294. The minimum Gasteiger partial charge on any atom is -0.360 e. The zero-order valence-corrected chi connectivity index (χ0v) is 13.9. The Hall–Kier alpha value is -3.03. The summed E-state index contributed by atoms with van der Waals surface area (Å²) in [5, 5.41) is 4.71. The Morgan fingerprint density at radius 3 is 2.96 bits per heavy atom. The summed E-state index contributed by atoms with van der Waals surface area (Å²) in [4.78, 5) is 24.3. The topological polar surface area (TPSA) is 75.4 Å². The minimum atomic E-state index is -0.337. The number of anilines is 1. The van der Waals surface area contributed by atoms with E-state index in [9.17, 15) is 9.18 Å². The van der Waals surface area contributed by atoms with Crippen LogP contribution in [0.2, 0.25) is 0 Å². The third-order valence-corrected chi connectivity index (χ3v) is 4.31. The van der Waals surface area contributed by atoms with Crippen LogP contribution in [0.25, 0.3) is 10.9 Å². The van der Waals surface area contributed by atoms with Crippen LogP contribution < -0.4 is 4.90 Å². The molecule has 1 aromatic carbocycles.